The Bertz CT molecular complexity index is 375. The minimum Gasteiger partial charge on any atom is -0.463 e. The summed E-state index contributed by atoms with van der Waals surface area (Å²) in [5, 5.41) is 0. The third kappa shape index (κ3) is 21.0. The first kappa shape index (κ1) is 26.7. The number of rotatable bonds is 18. The van der Waals surface area contributed by atoms with Gasteiger partial charge in [0, 0.05) is 12.8 Å². The molecule has 0 amide bonds. The molecule has 0 aliphatic rings. The van der Waals surface area contributed by atoms with Gasteiger partial charge in [0.15, 0.2) is 0 Å². The van der Waals surface area contributed by atoms with Gasteiger partial charge < -0.3 is 9.47 Å². The molecule has 28 heavy (non-hydrogen) atoms. The summed E-state index contributed by atoms with van der Waals surface area (Å²) in [5.41, 5.74) is 0. The molecule has 4 nitrogen and oxygen atoms in total. The molecule has 0 atom stereocenters. The molecule has 0 rings (SSSR count). The number of carbonyl (C=O) groups excluding carboxylic acids is 2. The molecule has 0 spiro atoms. The van der Waals surface area contributed by atoms with E-state index in [9.17, 15) is 9.59 Å². The molecule has 0 aliphatic heterocycles. The number of esters is 2. The molecule has 0 aromatic rings. The first-order valence-electron chi connectivity index (χ1n) is 11.5. The fourth-order valence-corrected chi connectivity index (χ4v) is 3.00. The van der Waals surface area contributed by atoms with Crippen molar-refractivity contribution in [2.75, 3.05) is 0 Å². The van der Waals surface area contributed by atoms with Crippen molar-refractivity contribution >= 4 is 11.9 Å². The molecular weight excluding hydrogens is 352 g/mol. The van der Waals surface area contributed by atoms with E-state index in [1.165, 1.54) is 38.5 Å². The highest BCUT2D eigenvalue weighted by Gasteiger charge is 2.05. The molecule has 0 N–H and O–H groups in total. The van der Waals surface area contributed by atoms with Crippen molar-refractivity contribution in [2.24, 2.45) is 0 Å². The van der Waals surface area contributed by atoms with Crippen molar-refractivity contribution in [1.82, 2.24) is 0 Å². The molecule has 0 saturated heterocycles. The van der Waals surface area contributed by atoms with E-state index >= 15 is 0 Å². The zero-order valence-electron chi connectivity index (χ0n) is 18.8. The summed E-state index contributed by atoms with van der Waals surface area (Å²) >= 11 is 0. The predicted molar refractivity (Wildman–Crippen MR) is 116 cm³/mol. The van der Waals surface area contributed by atoms with Crippen LogP contribution >= 0.6 is 0 Å². The highest BCUT2D eigenvalue weighted by atomic mass is 16.5. The molecule has 0 heterocycles. The molecule has 164 valence electrons. The number of ether oxygens (including phenoxy) is 2. The van der Waals surface area contributed by atoms with Crippen LogP contribution in [0.25, 0.3) is 0 Å². The van der Waals surface area contributed by atoms with E-state index in [0.717, 1.165) is 38.5 Å². The van der Waals surface area contributed by atoms with Gasteiger partial charge in [-0.1, -0.05) is 50.7 Å². The third-order valence-electron chi connectivity index (χ3n) is 4.40. The summed E-state index contributed by atoms with van der Waals surface area (Å²) in [7, 11) is 0. The lowest BCUT2D eigenvalue weighted by atomic mass is 10.1. The minimum atomic E-state index is -0.0634. The normalized spacial score (nSPS) is 11.5. The number of unbranched alkanes of at least 4 members (excludes halogenated alkanes) is 10. The summed E-state index contributed by atoms with van der Waals surface area (Å²) in [5.74, 6) is -0.127. The third-order valence-corrected chi connectivity index (χ3v) is 4.40. The average molecular weight is 397 g/mol. The maximum Gasteiger partial charge on any atom is 0.306 e. The van der Waals surface area contributed by atoms with Crippen LogP contribution in [-0.2, 0) is 19.1 Å². The van der Waals surface area contributed by atoms with Gasteiger partial charge in [-0.25, -0.2) is 0 Å². The highest BCUT2D eigenvalue weighted by molar-refractivity contribution is 5.69. The standard InChI is InChI=1S/C24H44O4/c1-21(2)27-23(25)19-17-15-13-11-9-7-5-6-8-10-12-14-16-18-20-24(26)28-22(3)4/h5-6,21-22H,7-20H2,1-4H3/b6-5+. The lowest BCUT2D eigenvalue weighted by molar-refractivity contribution is -0.148. The van der Waals surface area contributed by atoms with Gasteiger partial charge in [-0.15, -0.1) is 0 Å². The van der Waals surface area contributed by atoms with Crippen molar-refractivity contribution in [3.8, 4) is 0 Å². The van der Waals surface area contributed by atoms with Crippen LogP contribution in [0, 0.1) is 0 Å². The monoisotopic (exact) mass is 396 g/mol. The van der Waals surface area contributed by atoms with E-state index < -0.39 is 0 Å². The van der Waals surface area contributed by atoms with Gasteiger partial charge in [-0.05, 0) is 66.2 Å². The Hall–Kier alpha value is -1.32. The summed E-state index contributed by atoms with van der Waals surface area (Å²) in [6.07, 6.45) is 19.5. The van der Waals surface area contributed by atoms with E-state index in [0.29, 0.717) is 12.8 Å². The van der Waals surface area contributed by atoms with Crippen LogP contribution in [0.4, 0.5) is 0 Å². The van der Waals surface area contributed by atoms with Gasteiger partial charge in [-0.3, -0.25) is 9.59 Å². The molecule has 0 aromatic carbocycles. The van der Waals surface area contributed by atoms with Gasteiger partial charge in [0.05, 0.1) is 12.2 Å². The van der Waals surface area contributed by atoms with Crippen LogP contribution in [0.5, 0.6) is 0 Å². The average Bonchev–Trinajstić information content (AvgIpc) is 2.60. The van der Waals surface area contributed by atoms with Crippen molar-refractivity contribution in [1.29, 1.82) is 0 Å². The van der Waals surface area contributed by atoms with Crippen molar-refractivity contribution in [3.63, 3.8) is 0 Å². The van der Waals surface area contributed by atoms with E-state index in [-0.39, 0.29) is 24.1 Å². The van der Waals surface area contributed by atoms with Crippen LogP contribution < -0.4 is 0 Å². The first-order chi connectivity index (χ1) is 13.4. The lowest BCUT2D eigenvalue weighted by Crippen LogP contribution is -2.10. The SMILES string of the molecule is CC(C)OC(=O)CCCCCCC/C=C/CCCCCCCC(=O)OC(C)C. The van der Waals surface area contributed by atoms with Crippen molar-refractivity contribution in [3.05, 3.63) is 12.2 Å². The second-order valence-corrected chi connectivity index (χ2v) is 8.16. The molecule has 0 aromatic heterocycles. The fraction of sp³-hybridized carbons (Fsp3) is 0.833. The summed E-state index contributed by atoms with van der Waals surface area (Å²) in [6.45, 7) is 7.56. The summed E-state index contributed by atoms with van der Waals surface area (Å²) in [4.78, 5) is 22.8. The van der Waals surface area contributed by atoms with Gasteiger partial charge in [0.2, 0.25) is 0 Å². The van der Waals surface area contributed by atoms with Crippen LogP contribution in [0.1, 0.15) is 118 Å². The Morgan fingerprint density at radius 3 is 1.25 bits per heavy atom. The number of allylic oxidation sites excluding steroid dienone is 2. The Morgan fingerprint density at radius 1 is 0.571 bits per heavy atom. The van der Waals surface area contributed by atoms with Crippen LogP contribution in [0.2, 0.25) is 0 Å². The van der Waals surface area contributed by atoms with Gasteiger partial charge >= 0.3 is 11.9 Å². The fourth-order valence-electron chi connectivity index (χ4n) is 3.00. The second kappa shape index (κ2) is 19.0. The molecule has 0 bridgehead atoms. The number of hydrogen-bond acceptors (Lipinski definition) is 4. The molecule has 0 radical (unpaired) electrons. The van der Waals surface area contributed by atoms with Crippen LogP contribution in [0.15, 0.2) is 12.2 Å². The Morgan fingerprint density at radius 2 is 0.893 bits per heavy atom. The largest absolute Gasteiger partial charge is 0.463 e. The lowest BCUT2D eigenvalue weighted by Gasteiger charge is -2.07. The molecular formula is C24H44O4. The van der Waals surface area contributed by atoms with Crippen molar-refractivity contribution < 1.29 is 19.1 Å². The smallest absolute Gasteiger partial charge is 0.306 e. The minimum absolute atomic E-state index is 0.000350. The Kier molecular flexibility index (Phi) is 18.1. The molecule has 0 unspecified atom stereocenters. The number of carbonyl (C=O) groups is 2. The maximum atomic E-state index is 11.4. The first-order valence-corrected chi connectivity index (χ1v) is 11.5. The van der Waals surface area contributed by atoms with Gasteiger partial charge in [0.25, 0.3) is 0 Å². The van der Waals surface area contributed by atoms with E-state index in [1.54, 1.807) is 0 Å². The van der Waals surface area contributed by atoms with Crippen molar-refractivity contribution in [2.45, 2.75) is 130 Å². The van der Waals surface area contributed by atoms with Gasteiger partial charge in [-0.2, -0.15) is 0 Å². The molecule has 0 fully saturated rings. The zero-order chi connectivity index (χ0) is 21.0. The Balaban J connectivity index is 3.26. The van der Waals surface area contributed by atoms with E-state index in [4.69, 9.17) is 9.47 Å². The maximum absolute atomic E-state index is 11.4. The highest BCUT2D eigenvalue weighted by Crippen LogP contribution is 2.11. The predicted octanol–water partition coefficient (Wildman–Crippen LogP) is 6.91. The van der Waals surface area contributed by atoms with E-state index in [2.05, 4.69) is 12.2 Å². The van der Waals surface area contributed by atoms with Gasteiger partial charge in [0.1, 0.15) is 0 Å². The summed E-state index contributed by atoms with van der Waals surface area (Å²) < 4.78 is 10.2. The Labute approximate surface area is 173 Å². The van der Waals surface area contributed by atoms with Crippen LogP contribution in [-0.4, -0.2) is 24.1 Å². The zero-order valence-corrected chi connectivity index (χ0v) is 18.8. The number of hydrogen-bond donors (Lipinski definition) is 0. The topological polar surface area (TPSA) is 52.6 Å². The molecule has 0 saturated carbocycles. The quantitative estimate of drug-likeness (QED) is 0.143. The second-order valence-electron chi connectivity index (χ2n) is 8.16. The summed E-state index contributed by atoms with van der Waals surface area (Å²) in [6, 6.07) is 0. The van der Waals surface area contributed by atoms with E-state index in [1.807, 2.05) is 27.7 Å². The molecule has 0 aliphatic carbocycles. The van der Waals surface area contributed by atoms with Crippen LogP contribution in [0.3, 0.4) is 0 Å². The molecule has 4 heteroatoms.